The van der Waals surface area contributed by atoms with Gasteiger partial charge < -0.3 is 10.1 Å². The zero-order chi connectivity index (χ0) is 12.6. The maximum absolute atomic E-state index is 12.0. The highest BCUT2D eigenvalue weighted by Gasteiger charge is 2.50. The van der Waals surface area contributed by atoms with Crippen molar-refractivity contribution < 1.29 is 27.5 Å². The highest BCUT2D eigenvalue weighted by Crippen LogP contribution is 2.36. The van der Waals surface area contributed by atoms with Gasteiger partial charge in [-0.1, -0.05) is 0 Å². The highest BCUT2D eigenvalue weighted by atomic mass is 19.4. The first-order valence-electron chi connectivity index (χ1n) is 4.74. The fourth-order valence-corrected chi connectivity index (χ4v) is 1.14. The maximum Gasteiger partial charge on any atom is 0.425 e. The first-order valence-corrected chi connectivity index (χ1v) is 4.74. The molecule has 7 heteroatoms. The van der Waals surface area contributed by atoms with E-state index >= 15 is 0 Å². The van der Waals surface area contributed by atoms with Gasteiger partial charge >= 0.3 is 12.3 Å². The van der Waals surface area contributed by atoms with Gasteiger partial charge in [-0.3, -0.25) is 4.79 Å². The Morgan fingerprint density at radius 1 is 1.38 bits per heavy atom. The van der Waals surface area contributed by atoms with E-state index in [0.29, 0.717) is 12.8 Å². The van der Waals surface area contributed by atoms with Gasteiger partial charge in [-0.25, -0.2) is 4.79 Å². The fraction of sp³-hybridized carbons (Fsp3) is 0.778. The number of carbonyl (C=O) groups is 2. The number of rotatable bonds is 3. The Bertz CT molecular complexity index is 310. The third kappa shape index (κ3) is 2.86. The van der Waals surface area contributed by atoms with E-state index in [-0.39, 0.29) is 5.78 Å². The molecule has 1 aliphatic rings. The number of ketones is 1. The van der Waals surface area contributed by atoms with Crippen LogP contribution in [0.25, 0.3) is 0 Å². The lowest BCUT2D eigenvalue weighted by Gasteiger charge is -2.19. The summed E-state index contributed by atoms with van der Waals surface area (Å²) < 4.78 is 40.2. The van der Waals surface area contributed by atoms with Crippen LogP contribution < -0.4 is 5.32 Å². The Morgan fingerprint density at radius 3 is 2.19 bits per heavy atom. The summed E-state index contributed by atoms with van der Waals surface area (Å²) >= 11 is 0. The van der Waals surface area contributed by atoms with Crippen LogP contribution in [0, 0.1) is 0 Å². The van der Waals surface area contributed by atoms with Gasteiger partial charge in [-0.2, -0.15) is 13.2 Å². The Hall–Kier alpha value is -1.27. The summed E-state index contributed by atoms with van der Waals surface area (Å²) in [5.41, 5.74) is -0.998. The zero-order valence-electron chi connectivity index (χ0n) is 8.85. The van der Waals surface area contributed by atoms with Crippen molar-refractivity contribution in [2.24, 2.45) is 0 Å². The van der Waals surface area contributed by atoms with Gasteiger partial charge in [-0.05, 0) is 26.7 Å². The van der Waals surface area contributed by atoms with Crippen LogP contribution in [0.3, 0.4) is 0 Å². The number of halogens is 3. The molecule has 0 aliphatic heterocycles. The molecule has 0 heterocycles. The molecule has 1 rings (SSSR count). The van der Waals surface area contributed by atoms with Crippen LogP contribution in [0.2, 0.25) is 0 Å². The van der Waals surface area contributed by atoms with E-state index in [9.17, 15) is 22.8 Å². The molecule has 1 N–H and O–H groups in total. The maximum atomic E-state index is 12.0. The van der Waals surface area contributed by atoms with Crippen LogP contribution in [-0.2, 0) is 9.53 Å². The summed E-state index contributed by atoms with van der Waals surface area (Å²) in [6, 6.07) is 0. The third-order valence-electron chi connectivity index (χ3n) is 2.51. The summed E-state index contributed by atoms with van der Waals surface area (Å²) in [5, 5.41) is 2.16. The summed E-state index contributed by atoms with van der Waals surface area (Å²) in [6.45, 7) is 2.01. The van der Waals surface area contributed by atoms with Gasteiger partial charge in [0.15, 0.2) is 11.9 Å². The van der Waals surface area contributed by atoms with Crippen molar-refractivity contribution in [3.63, 3.8) is 0 Å². The third-order valence-corrected chi connectivity index (χ3v) is 2.51. The van der Waals surface area contributed by atoms with Crippen LogP contribution in [0.15, 0.2) is 0 Å². The minimum Gasteiger partial charge on any atom is -0.437 e. The predicted molar refractivity (Wildman–Crippen MR) is 47.8 cm³/mol. The summed E-state index contributed by atoms with van der Waals surface area (Å²) in [4.78, 5) is 22.1. The Labute approximate surface area is 90.1 Å². The summed E-state index contributed by atoms with van der Waals surface area (Å²) in [5.74, 6) is -0.274. The number of ether oxygens (including phenoxy) is 1. The molecule has 92 valence electrons. The Balaban J connectivity index is 2.46. The highest BCUT2D eigenvalue weighted by molar-refractivity contribution is 5.92. The number of nitrogens with one attached hydrogen (secondary N) is 1. The minimum absolute atomic E-state index is 0.274. The van der Waals surface area contributed by atoms with E-state index in [1.165, 1.54) is 6.92 Å². The number of hydrogen-bond donors (Lipinski definition) is 1. The van der Waals surface area contributed by atoms with Crippen molar-refractivity contribution in [1.82, 2.24) is 5.32 Å². The smallest absolute Gasteiger partial charge is 0.425 e. The molecule has 1 amide bonds. The molecule has 0 bridgehead atoms. The molecule has 0 spiro atoms. The van der Waals surface area contributed by atoms with E-state index in [2.05, 4.69) is 10.1 Å². The molecule has 1 aliphatic carbocycles. The number of alkyl halides is 3. The van der Waals surface area contributed by atoms with Crippen molar-refractivity contribution >= 4 is 11.9 Å². The molecule has 0 aromatic carbocycles. The first-order chi connectivity index (χ1) is 7.17. The first kappa shape index (κ1) is 12.8. The van der Waals surface area contributed by atoms with Crippen LogP contribution >= 0.6 is 0 Å². The lowest BCUT2D eigenvalue weighted by atomic mass is 10.2. The van der Waals surface area contributed by atoms with E-state index in [4.69, 9.17) is 0 Å². The molecule has 4 nitrogen and oxygen atoms in total. The molecular weight excluding hydrogens is 227 g/mol. The van der Waals surface area contributed by atoms with Crippen LogP contribution in [0.5, 0.6) is 0 Å². The van der Waals surface area contributed by atoms with E-state index in [1.54, 1.807) is 0 Å². The number of Topliss-reactive ketones (excluding diaryl/α,β-unsaturated/α-hetero) is 1. The van der Waals surface area contributed by atoms with E-state index in [1.807, 2.05) is 0 Å². The minimum atomic E-state index is -4.59. The molecule has 1 atom stereocenters. The van der Waals surface area contributed by atoms with Gasteiger partial charge in [0, 0.05) is 0 Å². The molecule has 1 fully saturated rings. The van der Waals surface area contributed by atoms with Gasteiger partial charge in [0.2, 0.25) is 0 Å². The predicted octanol–water partition coefficient (Wildman–Crippen LogP) is 1.78. The molecule has 16 heavy (non-hydrogen) atoms. The monoisotopic (exact) mass is 239 g/mol. The number of carbonyl (C=O) groups excluding carboxylic acids is 2. The summed E-state index contributed by atoms with van der Waals surface area (Å²) in [6.07, 6.45) is -7.10. The average Bonchev–Trinajstić information content (AvgIpc) is 2.83. The van der Waals surface area contributed by atoms with Crippen molar-refractivity contribution in [1.29, 1.82) is 0 Å². The van der Waals surface area contributed by atoms with Crippen molar-refractivity contribution in [3.05, 3.63) is 0 Å². The molecule has 0 aromatic heterocycles. The Morgan fingerprint density at radius 2 is 1.88 bits per heavy atom. The largest absolute Gasteiger partial charge is 0.437 e. The summed E-state index contributed by atoms with van der Waals surface area (Å²) in [7, 11) is 0. The van der Waals surface area contributed by atoms with Gasteiger partial charge in [0.05, 0.1) is 0 Å². The second kappa shape index (κ2) is 3.95. The van der Waals surface area contributed by atoms with Crippen LogP contribution in [0.1, 0.15) is 26.7 Å². The Kier molecular flexibility index (Phi) is 3.16. The molecule has 0 saturated heterocycles. The second-order valence-corrected chi connectivity index (χ2v) is 3.85. The molecular formula is C9H12F3NO3. The van der Waals surface area contributed by atoms with Crippen molar-refractivity contribution in [2.45, 2.75) is 44.5 Å². The standard InChI is InChI=1S/C9H12F3NO3/c1-5(14)8(3-4-8)13-7(15)16-6(2)9(10,11)12/h6H,3-4H2,1-2H3,(H,13,15)/t6-/m1/s1. The van der Waals surface area contributed by atoms with Crippen LogP contribution in [0.4, 0.5) is 18.0 Å². The lowest BCUT2D eigenvalue weighted by Crippen LogP contribution is -2.45. The van der Waals surface area contributed by atoms with Crippen molar-refractivity contribution in [2.75, 3.05) is 0 Å². The van der Waals surface area contributed by atoms with Crippen LogP contribution in [-0.4, -0.2) is 29.7 Å². The average molecular weight is 239 g/mol. The van der Waals surface area contributed by atoms with E-state index in [0.717, 1.165) is 6.92 Å². The lowest BCUT2D eigenvalue weighted by molar-refractivity contribution is -0.197. The molecule has 0 unspecified atom stereocenters. The molecule has 0 radical (unpaired) electrons. The fourth-order valence-electron chi connectivity index (χ4n) is 1.14. The number of hydrogen-bond acceptors (Lipinski definition) is 3. The van der Waals surface area contributed by atoms with Gasteiger partial charge in [0.25, 0.3) is 0 Å². The molecule has 1 saturated carbocycles. The van der Waals surface area contributed by atoms with E-state index < -0.39 is 23.9 Å². The second-order valence-electron chi connectivity index (χ2n) is 3.85. The quantitative estimate of drug-likeness (QED) is 0.816. The number of alkyl carbamates (subject to hydrolysis) is 1. The topological polar surface area (TPSA) is 55.4 Å². The SMILES string of the molecule is CC(=O)C1(NC(=O)O[C@H](C)C(F)(F)F)CC1. The number of amides is 1. The molecule has 0 aromatic rings. The zero-order valence-corrected chi connectivity index (χ0v) is 8.85. The van der Waals surface area contributed by atoms with Gasteiger partial charge in [0.1, 0.15) is 5.54 Å². The van der Waals surface area contributed by atoms with Gasteiger partial charge in [-0.15, -0.1) is 0 Å². The normalized spacial score (nSPS) is 19.8. The van der Waals surface area contributed by atoms with Crippen molar-refractivity contribution in [3.8, 4) is 0 Å².